The maximum atomic E-state index is 12.1. The highest BCUT2D eigenvalue weighted by atomic mass is 35.5. The van der Waals surface area contributed by atoms with E-state index in [1.165, 1.54) is 12.1 Å². The number of nitrogens with one attached hydrogen (secondary N) is 1. The van der Waals surface area contributed by atoms with Crippen molar-refractivity contribution in [1.29, 1.82) is 0 Å². The van der Waals surface area contributed by atoms with E-state index in [2.05, 4.69) is 4.72 Å². The van der Waals surface area contributed by atoms with Gasteiger partial charge in [0.2, 0.25) is 10.0 Å². The van der Waals surface area contributed by atoms with Gasteiger partial charge in [-0.1, -0.05) is 34.8 Å². The van der Waals surface area contributed by atoms with E-state index < -0.39 is 10.0 Å². The Labute approximate surface area is 127 Å². The van der Waals surface area contributed by atoms with Crippen LogP contribution in [0.5, 0.6) is 0 Å². The third kappa shape index (κ3) is 3.74. The van der Waals surface area contributed by atoms with Crippen LogP contribution in [0.4, 0.5) is 0 Å². The van der Waals surface area contributed by atoms with Gasteiger partial charge in [0.1, 0.15) is 4.90 Å². The van der Waals surface area contributed by atoms with Gasteiger partial charge in [-0.05, 0) is 25.0 Å². The van der Waals surface area contributed by atoms with E-state index in [0.717, 1.165) is 12.8 Å². The number of halogens is 3. The number of benzene rings is 1. The van der Waals surface area contributed by atoms with Crippen molar-refractivity contribution in [2.45, 2.75) is 23.8 Å². The monoisotopic (exact) mass is 343 g/mol. The van der Waals surface area contributed by atoms with Crippen molar-refractivity contribution in [3.05, 3.63) is 27.2 Å². The van der Waals surface area contributed by atoms with Crippen molar-refractivity contribution < 1.29 is 13.2 Å². The first kappa shape index (κ1) is 15.4. The van der Waals surface area contributed by atoms with Gasteiger partial charge in [0.05, 0.1) is 21.2 Å². The van der Waals surface area contributed by atoms with Gasteiger partial charge in [0, 0.05) is 13.2 Å². The SMILES string of the molecule is O=S(=O)(NC[C@H]1CCCO1)c1cc(Cl)c(Cl)cc1Cl. The molecule has 1 atom stereocenters. The smallest absolute Gasteiger partial charge is 0.242 e. The molecule has 1 aliphatic heterocycles. The van der Waals surface area contributed by atoms with Gasteiger partial charge in [0.25, 0.3) is 0 Å². The van der Waals surface area contributed by atoms with Crippen molar-refractivity contribution in [3.8, 4) is 0 Å². The van der Waals surface area contributed by atoms with Crippen LogP contribution in [0.2, 0.25) is 15.1 Å². The summed E-state index contributed by atoms with van der Waals surface area (Å²) in [6.07, 6.45) is 1.70. The summed E-state index contributed by atoms with van der Waals surface area (Å²) < 4.78 is 32.1. The van der Waals surface area contributed by atoms with Crippen molar-refractivity contribution >= 4 is 44.8 Å². The number of rotatable bonds is 4. The maximum Gasteiger partial charge on any atom is 0.242 e. The molecule has 1 aromatic carbocycles. The molecule has 4 nitrogen and oxygen atoms in total. The Hall–Kier alpha value is -0.0400. The van der Waals surface area contributed by atoms with Gasteiger partial charge in [0.15, 0.2) is 0 Å². The standard InChI is InChI=1S/C11H12Cl3NO3S/c12-8-4-10(14)11(5-9(8)13)19(16,17)15-6-7-2-1-3-18-7/h4-5,7,15H,1-3,6H2/t7-/m1/s1. The molecule has 106 valence electrons. The van der Waals surface area contributed by atoms with Gasteiger partial charge in [-0.3, -0.25) is 0 Å². The summed E-state index contributed by atoms with van der Waals surface area (Å²) in [6.45, 7) is 0.888. The lowest BCUT2D eigenvalue weighted by atomic mass is 10.2. The predicted molar refractivity (Wildman–Crippen MR) is 75.6 cm³/mol. The molecule has 0 aliphatic carbocycles. The van der Waals surface area contributed by atoms with Crippen molar-refractivity contribution in [2.75, 3.05) is 13.2 Å². The Morgan fingerprint density at radius 3 is 2.53 bits per heavy atom. The molecule has 8 heteroatoms. The first-order chi connectivity index (χ1) is 8.90. The van der Waals surface area contributed by atoms with E-state index in [9.17, 15) is 8.42 Å². The fourth-order valence-corrected chi connectivity index (χ4v) is 3.86. The van der Waals surface area contributed by atoms with Crippen LogP contribution in [0.3, 0.4) is 0 Å². The molecule has 1 heterocycles. The second kappa shape index (κ2) is 6.16. The zero-order valence-corrected chi connectivity index (χ0v) is 12.9. The van der Waals surface area contributed by atoms with Gasteiger partial charge in [-0.15, -0.1) is 0 Å². The molecule has 0 aromatic heterocycles. The highest BCUT2D eigenvalue weighted by Crippen LogP contribution is 2.31. The number of hydrogen-bond donors (Lipinski definition) is 1. The Morgan fingerprint density at radius 2 is 1.89 bits per heavy atom. The summed E-state index contributed by atoms with van der Waals surface area (Å²) in [4.78, 5) is -0.0819. The molecule has 1 fully saturated rings. The second-order valence-corrected chi connectivity index (χ2v) is 7.14. The molecule has 1 N–H and O–H groups in total. The van der Waals surface area contributed by atoms with E-state index in [-0.39, 0.29) is 32.6 Å². The van der Waals surface area contributed by atoms with Crippen LogP contribution >= 0.6 is 34.8 Å². The molecular weight excluding hydrogens is 333 g/mol. The van der Waals surface area contributed by atoms with Crippen LogP contribution < -0.4 is 4.72 Å². The summed E-state index contributed by atoms with van der Waals surface area (Å²) in [6, 6.07) is 2.55. The quantitative estimate of drug-likeness (QED) is 0.854. The Morgan fingerprint density at radius 1 is 1.21 bits per heavy atom. The first-order valence-corrected chi connectivity index (χ1v) is 8.27. The predicted octanol–water partition coefficient (Wildman–Crippen LogP) is 3.10. The van der Waals surface area contributed by atoms with E-state index in [4.69, 9.17) is 39.5 Å². The minimum Gasteiger partial charge on any atom is -0.377 e. The molecule has 1 saturated heterocycles. The van der Waals surface area contributed by atoms with Crippen LogP contribution in [-0.2, 0) is 14.8 Å². The lowest BCUT2D eigenvalue weighted by molar-refractivity contribution is 0.114. The average Bonchev–Trinajstić information content (AvgIpc) is 2.84. The number of ether oxygens (including phenoxy) is 1. The maximum absolute atomic E-state index is 12.1. The lowest BCUT2D eigenvalue weighted by Gasteiger charge is -2.12. The van der Waals surface area contributed by atoms with Crippen molar-refractivity contribution in [3.63, 3.8) is 0 Å². The first-order valence-electron chi connectivity index (χ1n) is 5.66. The fraction of sp³-hybridized carbons (Fsp3) is 0.455. The van der Waals surface area contributed by atoms with Gasteiger partial charge < -0.3 is 4.74 Å². The van der Waals surface area contributed by atoms with Gasteiger partial charge in [-0.2, -0.15) is 0 Å². The number of sulfonamides is 1. The Balaban J connectivity index is 2.16. The third-order valence-electron chi connectivity index (χ3n) is 2.79. The summed E-state index contributed by atoms with van der Waals surface area (Å²) in [5.41, 5.74) is 0. The summed E-state index contributed by atoms with van der Waals surface area (Å²) in [5.74, 6) is 0. The average molecular weight is 345 g/mol. The Kier molecular flexibility index (Phi) is 4.98. The molecule has 19 heavy (non-hydrogen) atoms. The molecular formula is C11H12Cl3NO3S. The lowest BCUT2D eigenvalue weighted by Crippen LogP contribution is -2.32. The van der Waals surface area contributed by atoms with Crippen molar-refractivity contribution in [2.24, 2.45) is 0 Å². The molecule has 0 saturated carbocycles. The highest BCUT2D eigenvalue weighted by molar-refractivity contribution is 7.89. The van der Waals surface area contributed by atoms with Gasteiger partial charge in [-0.25, -0.2) is 13.1 Å². The zero-order chi connectivity index (χ0) is 14.0. The normalized spacial score (nSPS) is 19.8. The van der Waals surface area contributed by atoms with E-state index in [0.29, 0.717) is 6.61 Å². The minimum absolute atomic E-state index is 0.0363. The fourth-order valence-electron chi connectivity index (χ4n) is 1.80. The summed E-state index contributed by atoms with van der Waals surface area (Å²) in [7, 11) is -3.72. The van der Waals surface area contributed by atoms with E-state index in [1.54, 1.807) is 0 Å². The Bertz CT molecular complexity index is 571. The summed E-state index contributed by atoms with van der Waals surface area (Å²) >= 11 is 17.5. The second-order valence-electron chi connectivity index (χ2n) is 4.18. The molecule has 0 radical (unpaired) electrons. The van der Waals surface area contributed by atoms with Crippen molar-refractivity contribution in [1.82, 2.24) is 4.72 Å². The topological polar surface area (TPSA) is 55.4 Å². The van der Waals surface area contributed by atoms with Crippen LogP contribution in [0.15, 0.2) is 17.0 Å². The highest BCUT2D eigenvalue weighted by Gasteiger charge is 2.23. The largest absolute Gasteiger partial charge is 0.377 e. The zero-order valence-electron chi connectivity index (χ0n) is 9.83. The van der Waals surface area contributed by atoms with E-state index in [1.807, 2.05) is 0 Å². The van der Waals surface area contributed by atoms with E-state index >= 15 is 0 Å². The molecule has 1 aliphatic rings. The molecule has 0 unspecified atom stereocenters. The molecule has 0 amide bonds. The molecule has 0 bridgehead atoms. The van der Waals surface area contributed by atoms with Gasteiger partial charge >= 0.3 is 0 Å². The van der Waals surface area contributed by atoms with Crippen LogP contribution in [0.1, 0.15) is 12.8 Å². The molecule has 1 aromatic rings. The third-order valence-corrected chi connectivity index (χ3v) is 5.40. The van der Waals surface area contributed by atoms with Crippen LogP contribution in [0, 0.1) is 0 Å². The van der Waals surface area contributed by atoms with Crippen LogP contribution in [-0.4, -0.2) is 27.7 Å². The molecule has 0 spiro atoms. The number of hydrogen-bond acceptors (Lipinski definition) is 3. The summed E-state index contributed by atoms with van der Waals surface area (Å²) in [5, 5.41) is 0.391. The minimum atomic E-state index is -3.72. The van der Waals surface area contributed by atoms with Crippen LogP contribution in [0.25, 0.3) is 0 Å². The molecule has 2 rings (SSSR count).